The molecular weight excluding hydrogens is 210 g/mol. The van der Waals surface area contributed by atoms with Crippen molar-refractivity contribution >= 4 is 12.4 Å². The summed E-state index contributed by atoms with van der Waals surface area (Å²) < 4.78 is 0. The molecule has 0 radical (unpaired) electrons. The van der Waals surface area contributed by atoms with Crippen LogP contribution in [0.1, 0.15) is 19.4 Å². The predicted octanol–water partition coefficient (Wildman–Crippen LogP) is 2.01. The number of aliphatic hydroxyl groups is 1. The molecule has 0 saturated carbocycles. The zero-order valence-electron chi connectivity index (χ0n) is 9.31. The third-order valence-electron chi connectivity index (χ3n) is 2.15. The minimum atomic E-state index is -0.270. The van der Waals surface area contributed by atoms with Gasteiger partial charge in [0.2, 0.25) is 0 Å². The summed E-state index contributed by atoms with van der Waals surface area (Å²) in [6.07, 6.45) is 0.737. The number of halogens is 1. The van der Waals surface area contributed by atoms with Gasteiger partial charge in [0.1, 0.15) is 0 Å². The molecule has 0 spiro atoms. The van der Waals surface area contributed by atoms with Gasteiger partial charge >= 0.3 is 0 Å². The molecule has 1 aromatic rings. The Morgan fingerprint density at radius 2 is 1.80 bits per heavy atom. The van der Waals surface area contributed by atoms with Crippen LogP contribution in [-0.4, -0.2) is 23.8 Å². The van der Waals surface area contributed by atoms with Gasteiger partial charge in [-0.1, -0.05) is 30.3 Å². The Labute approximate surface area is 98.1 Å². The Balaban J connectivity index is 0.00000196. The number of hydrogen-bond donors (Lipinski definition) is 2. The molecule has 0 saturated heterocycles. The molecule has 2 unspecified atom stereocenters. The van der Waals surface area contributed by atoms with Crippen LogP contribution in [0.5, 0.6) is 0 Å². The Kier molecular flexibility index (Phi) is 7.39. The van der Waals surface area contributed by atoms with Crippen LogP contribution in [-0.2, 0) is 6.42 Å². The van der Waals surface area contributed by atoms with E-state index in [0.29, 0.717) is 12.6 Å². The fourth-order valence-corrected chi connectivity index (χ4v) is 1.41. The van der Waals surface area contributed by atoms with Gasteiger partial charge in [-0.3, -0.25) is 0 Å². The van der Waals surface area contributed by atoms with E-state index in [1.54, 1.807) is 6.92 Å². The highest BCUT2D eigenvalue weighted by atomic mass is 35.5. The number of rotatable bonds is 5. The molecule has 0 heterocycles. The first-order valence-corrected chi connectivity index (χ1v) is 5.14. The molecular formula is C12H20ClNO. The van der Waals surface area contributed by atoms with Gasteiger partial charge in [-0.05, 0) is 25.8 Å². The smallest absolute Gasteiger partial charge is 0.0636 e. The molecule has 0 aliphatic rings. The fourth-order valence-electron chi connectivity index (χ4n) is 1.41. The van der Waals surface area contributed by atoms with Crippen LogP contribution in [0.2, 0.25) is 0 Å². The molecule has 1 aromatic carbocycles. The molecule has 2 N–H and O–H groups in total. The standard InChI is InChI=1S/C12H19NO.ClH/c1-10(13-9-11(2)14)8-12-6-4-3-5-7-12;/h3-7,10-11,13-14H,8-9H2,1-2H3;1H. The van der Waals surface area contributed by atoms with Gasteiger partial charge in [0.05, 0.1) is 6.10 Å². The molecule has 86 valence electrons. The molecule has 0 bridgehead atoms. The third kappa shape index (κ3) is 6.50. The Bertz CT molecular complexity index is 251. The first-order valence-electron chi connectivity index (χ1n) is 5.14. The monoisotopic (exact) mass is 229 g/mol. The first kappa shape index (κ1) is 14.4. The van der Waals surface area contributed by atoms with Crippen molar-refractivity contribution in [3.05, 3.63) is 35.9 Å². The topological polar surface area (TPSA) is 32.3 Å². The molecule has 15 heavy (non-hydrogen) atoms. The summed E-state index contributed by atoms with van der Waals surface area (Å²) in [5, 5.41) is 12.4. The lowest BCUT2D eigenvalue weighted by Crippen LogP contribution is -2.33. The molecule has 0 aromatic heterocycles. The van der Waals surface area contributed by atoms with Crippen molar-refractivity contribution in [3.63, 3.8) is 0 Å². The van der Waals surface area contributed by atoms with Crippen molar-refractivity contribution in [1.82, 2.24) is 5.32 Å². The summed E-state index contributed by atoms with van der Waals surface area (Å²) in [5.41, 5.74) is 1.33. The Morgan fingerprint density at radius 1 is 1.20 bits per heavy atom. The summed E-state index contributed by atoms with van der Waals surface area (Å²) >= 11 is 0. The van der Waals surface area contributed by atoms with Crippen LogP contribution in [0.3, 0.4) is 0 Å². The van der Waals surface area contributed by atoms with Gasteiger partial charge < -0.3 is 10.4 Å². The second-order valence-corrected chi connectivity index (χ2v) is 3.85. The van der Waals surface area contributed by atoms with Crippen LogP contribution in [0.4, 0.5) is 0 Å². The molecule has 2 nitrogen and oxygen atoms in total. The Hall–Kier alpha value is -0.570. The lowest BCUT2D eigenvalue weighted by atomic mass is 10.1. The van der Waals surface area contributed by atoms with E-state index in [9.17, 15) is 0 Å². The lowest BCUT2D eigenvalue weighted by molar-refractivity contribution is 0.187. The van der Waals surface area contributed by atoms with Crippen molar-refractivity contribution in [3.8, 4) is 0 Å². The number of aliphatic hydroxyl groups excluding tert-OH is 1. The normalized spacial score (nSPS) is 14.1. The molecule has 0 aliphatic heterocycles. The number of hydrogen-bond acceptors (Lipinski definition) is 2. The van der Waals surface area contributed by atoms with Gasteiger partial charge in [-0.25, -0.2) is 0 Å². The van der Waals surface area contributed by atoms with Crippen LogP contribution in [0, 0.1) is 0 Å². The zero-order chi connectivity index (χ0) is 10.4. The highest BCUT2D eigenvalue weighted by Gasteiger charge is 2.03. The number of benzene rings is 1. The molecule has 3 heteroatoms. The van der Waals surface area contributed by atoms with Crippen molar-refractivity contribution in [2.45, 2.75) is 32.4 Å². The van der Waals surface area contributed by atoms with Crippen molar-refractivity contribution in [2.24, 2.45) is 0 Å². The van der Waals surface area contributed by atoms with Crippen LogP contribution in [0.15, 0.2) is 30.3 Å². The first-order chi connectivity index (χ1) is 6.68. The van der Waals surface area contributed by atoms with Gasteiger partial charge in [-0.15, -0.1) is 12.4 Å². The van der Waals surface area contributed by atoms with E-state index >= 15 is 0 Å². The summed E-state index contributed by atoms with van der Waals surface area (Å²) in [4.78, 5) is 0. The van der Waals surface area contributed by atoms with E-state index < -0.39 is 0 Å². The van der Waals surface area contributed by atoms with E-state index in [0.717, 1.165) is 6.42 Å². The van der Waals surface area contributed by atoms with Crippen molar-refractivity contribution in [1.29, 1.82) is 0 Å². The SMILES string of the molecule is CC(O)CNC(C)Cc1ccccc1.Cl. The van der Waals surface area contributed by atoms with E-state index in [4.69, 9.17) is 5.11 Å². The maximum absolute atomic E-state index is 9.10. The van der Waals surface area contributed by atoms with E-state index in [-0.39, 0.29) is 18.5 Å². The molecule has 0 amide bonds. The zero-order valence-corrected chi connectivity index (χ0v) is 10.1. The quantitative estimate of drug-likeness (QED) is 0.810. The minimum Gasteiger partial charge on any atom is -0.392 e. The average Bonchev–Trinajstić information content (AvgIpc) is 2.16. The summed E-state index contributed by atoms with van der Waals surface area (Å²) in [6, 6.07) is 10.8. The molecule has 0 aliphatic carbocycles. The van der Waals surface area contributed by atoms with Gasteiger partial charge in [0, 0.05) is 12.6 Å². The fraction of sp³-hybridized carbons (Fsp3) is 0.500. The third-order valence-corrected chi connectivity index (χ3v) is 2.15. The largest absolute Gasteiger partial charge is 0.392 e. The van der Waals surface area contributed by atoms with E-state index in [1.165, 1.54) is 5.56 Å². The molecule has 0 fully saturated rings. The van der Waals surface area contributed by atoms with Crippen molar-refractivity contribution in [2.75, 3.05) is 6.54 Å². The maximum atomic E-state index is 9.10. The molecule has 1 rings (SSSR count). The second-order valence-electron chi connectivity index (χ2n) is 3.85. The van der Waals surface area contributed by atoms with E-state index in [1.807, 2.05) is 6.07 Å². The summed E-state index contributed by atoms with van der Waals surface area (Å²) in [6.45, 7) is 4.59. The number of nitrogens with one attached hydrogen (secondary N) is 1. The van der Waals surface area contributed by atoms with Crippen molar-refractivity contribution < 1.29 is 5.11 Å². The van der Waals surface area contributed by atoms with Gasteiger partial charge in [0.15, 0.2) is 0 Å². The highest BCUT2D eigenvalue weighted by molar-refractivity contribution is 5.85. The Morgan fingerprint density at radius 3 is 2.33 bits per heavy atom. The molecule has 2 atom stereocenters. The average molecular weight is 230 g/mol. The van der Waals surface area contributed by atoms with Crippen LogP contribution in [0.25, 0.3) is 0 Å². The highest BCUT2D eigenvalue weighted by Crippen LogP contribution is 2.02. The lowest BCUT2D eigenvalue weighted by Gasteiger charge is -2.14. The van der Waals surface area contributed by atoms with Crippen LogP contribution >= 0.6 is 12.4 Å². The predicted molar refractivity (Wildman–Crippen MR) is 66.5 cm³/mol. The second kappa shape index (κ2) is 7.69. The minimum absolute atomic E-state index is 0. The van der Waals surface area contributed by atoms with Gasteiger partial charge in [-0.2, -0.15) is 0 Å². The maximum Gasteiger partial charge on any atom is 0.0636 e. The van der Waals surface area contributed by atoms with Crippen LogP contribution < -0.4 is 5.32 Å². The summed E-state index contributed by atoms with van der Waals surface area (Å²) in [5.74, 6) is 0. The summed E-state index contributed by atoms with van der Waals surface area (Å²) in [7, 11) is 0. The van der Waals surface area contributed by atoms with E-state index in [2.05, 4.69) is 36.5 Å². The van der Waals surface area contributed by atoms with Gasteiger partial charge in [0.25, 0.3) is 0 Å².